The Bertz CT molecular complexity index is 367. The van der Waals surface area contributed by atoms with Crippen molar-refractivity contribution >= 4 is 17.4 Å². The van der Waals surface area contributed by atoms with E-state index in [0.717, 1.165) is 17.7 Å². The summed E-state index contributed by atoms with van der Waals surface area (Å²) in [6.07, 6.45) is 2.76. The van der Waals surface area contributed by atoms with Crippen molar-refractivity contribution in [3.63, 3.8) is 0 Å². The van der Waals surface area contributed by atoms with Crippen LogP contribution in [-0.2, 0) is 0 Å². The minimum atomic E-state index is -0.274. The molecular formula is C12H15FN2S. The molecule has 1 atom stereocenters. The smallest absolute Gasteiger partial charge is 0.125 e. The van der Waals surface area contributed by atoms with Gasteiger partial charge in [0.1, 0.15) is 11.9 Å². The van der Waals surface area contributed by atoms with Gasteiger partial charge in [0.2, 0.25) is 0 Å². The largest absolute Gasteiger partial charge is 0.370 e. The van der Waals surface area contributed by atoms with Crippen molar-refractivity contribution in [3.05, 3.63) is 29.6 Å². The van der Waals surface area contributed by atoms with Crippen LogP contribution in [0.2, 0.25) is 0 Å². The van der Waals surface area contributed by atoms with E-state index in [2.05, 4.69) is 11.4 Å². The first-order valence-electron chi connectivity index (χ1n) is 5.08. The molecule has 1 aromatic carbocycles. The lowest BCUT2D eigenvalue weighted by Gasteiger charge is -2.12. The number of halogens is 1. The molecule has 0 spiro atoms. The van der Waals surface area contributed by atoms with Crippen LogP contribution in [0.4, 0.5) is 10.1 Å². The first-order chi connectivity index (χ1) is 7.65. The Hall–Kier alpha value is -1.21. The minimum Gasteiger partial charge on any atom is -0.370 e. The summed E-state index contributed by atoms with van der Waals surface area (Å²) in [7, 11) is 0. The van der Waals surface area contributed by atoms with Gasteiger partial charge in [-0.25, -0.2) is 4.39 Å². The highest BCUT2D eigenvalue weighted by Crippen LogP contribution is 2.15. The summed E-state index contributed by atoms with van der Waals surface area (Å²) in [5.74, 6) is 0.642. The third kappa shape index (κ3) is 4.11. The lowest BCUT2D eigenvalue weighted by Crippen LogP contribution is -2.18. The molecule has 0 aliphatic rings. The lowest BCUT2D eigenvalue weighted by molar-refractivity contribution is 0.626. The van der Waals surface area contributed by atoms with E-state index in [1.807, 2.05) is 19.2 Å². The first-order valence-corrected chi connectivity index (χ1v) is 6.47. The zero-order valence-corrected chi connectivity index (χ0v) is 10.3. The fraction of sp³-hybridized carbons (Fsp3) is 0.417. The highest BCUT2D eigenvalue weighted by Gasteiger charge is 2.07. The topological polar surface area (TPSA) is 35.8 Å². The molecule has 0 amide bonds. The number of anilines is 1. The molecule has 0 aromatic heterocycles. The SMILES string of the molecule is CSCCC(C#N)Nc1cc(C)cc(F)c1. The van der Waals surface area contributed by atoms with Crippen LogP contribution in [-0.4, -0.2) is 18.1 Å². The van der Waals surface area contributed by atoms with Crippen LogP contribution < -0.4 is 5.32 Å². The maximum absolute atomic E-state index is 13.1. The van der Waals surface area contributed by atoms with Crippen molar-refractivity contribution in [1.82, 2.24) is 0 Å². The summed E-state index contributed by atoms with van der Waals surface area (Å²) in [5, 5.41) is 12.0. The molecule has 0 heterocycles. The number of benzene rings is 1. The average molecular weight is 238 g/mol. The second-order valence-electron chi connectivity index (χ2n) is 3.62. The molecule has 0 aliphatic heterocycles. The monoisotopic (exact) mass is 238 g/mol. The Kier molecular flexibility index (Phi) is 5.13. The fourth-order valence-corrected chi connectivity index (χ4v) is 1.90. The summed E-state index contributed by atoms with van der Waals surface area (Å²) in [5.41, 5.74) is 1.52. The molecule has 1 aromatic rings. The van der Waals surface area contributed by atoms with Crippen LogP contribution in [0.15, 0.2) is 18.2 Å². The van der Waals surface area contributed by atoms with Crippen LogP contribution in [0.3, 0.4) is 0 Å². The predicted molar refractivity (Wildman–Crippen MR) is 67.2 cm³/mol. The van der Waals surface area contributed by atoms with Gasteiger partial charge in [-0.2, -0.15) is 17.0 Å². The summed E-state index contributed by atoms with van der Waals surface area (Å²) in [4.78, 5) is 0. The number of thioether (sulfide) groups is 1. The molecule has 1 N–H and O–H groups in total. The zero-order chi connectivity index (χ0) is 12.0. The highest BCUT2D eigenvalue weighted by molar-refractivity contribution is 7.98. The number of aryl methyl sites for hydroxylation is 1. The predicted octanol–water partition coefficient (Wildman–Crippen LogP) is 3.19. The van der Waals surface area contributed by atoms with E-state index in [9.17, 15) is 4.39 Å². The van der Waals surface area contributed by atoms with Crippen molar-refractivity contribution in [2.75, 3.05) is 17.3 Å². The second kappa shape index (κ2) is 6.39. The summed E-state index contributed by atoms with van der Waals surface area (Å²) in [6.45, 7) is 1.83. The number of hydrogen-bond acceptors (Lipinski definition) is 3. The van der Waals surface area contributed by atoms with Gasteiger partial charge in [-0.3, -0.25) is 0 Å². The number of nitrogens with one attached hydrogen (secondary N) is 1. The number of nitrogens with zero attached hydrogens (tertiary/aromatic N) is 1. The number of hydrogen-bond donors (Lipinski definition) is 1. The zero-order valence-electron chi connectivity index (χ0n) is 9.46. The van der Waals surface area contributed by atoms with E-state index in [4.69, 9.17) is 5.26 Å². The van der Waals surface area contributed by atoms with Crippen molar-refractivity contribution in [2.24, 2.45) is 0 Å². The molecule has 0 aliphatic carbocycles. The van der Waals surface area contributed by atoms with E-state index in [-0.39, 0.29) is 11.9 Å². The Morgan fingerprint density at radius 3 is 2.81 bits per heavy atom. The molecule has 0 saturated heterocycles. The van der Waals surface area contributed by atoms with E-state index in [1.165, 1.54) is 12.1 Å². The second-order valence-corrected chi connectivity index (χ2v) is 4.61. The van der Waals surface area contributed by atoms with Gasteiger partial charge in [0.25, 0.3) is 0 Å². The van der Waals surface area contributed by atoms with Gasteiger partial charge in [-0.1, -0.05) is 0 Å². The van der Waals surface area contributed by atoms with Crippen molar-refractivity contribution < 1.29 is 4.39 Å². The van der Waals surface area contributed by atoms with Gasteiger partial charge >= 0.3 is 0 Å². The van der Waals surface area contributed by atoms with Gasteiger partial charge in [-0.05, 0) is 49.1 Å². The average Bonchev–Trinajstić information content (AvgIpc) is 2.22. The Morgan fingerprint density at radius 2 is 2.25 bits per heavy atom. The lowest BCUT2D eigenvalue weighted by atomic mass is 10.2. The molecular weight excluding hydrogens is 223 g/mol. The van der Waals surface area contributed by atoms with E-state index >= 15 is 0 Å². The Balaban J connectivity index is 2.67. The van der Waals surface area contributed by atoms with Gasteiger partial charge in [-0.15, -0.1) is 0 Å². The summed E-state index contributed by atoms with van der Waals surface area (Å²) >= 11 is 1.70. The summed E-state index contributed by atoms with van der Waals surface area (Å²) < 4.78 is 13.1. The van der Waals surface area contributed by atoms with E-state index in [0.29, 0.717) is 5.69 Å². The van der Waals surface area contributed by atoms with Crippen molar-refractivity contribution in [2.45, 2.75) is 19.4 Å². The molecule has 4 heteroatoms. The van der Waals surface area contributed by atoms with Gasteiger partial charge < -0.3 is 5.32 Å². The van der Waals surface area contributed by atoms with Crippen molar-refractivity contribution in [1.29, 1.82) is 5.26 Å². The molecule has 0 fully saturated rings. The van der Waals surface area contributed by atoms with Crippen LogP contribution >= 0.6 is 11.8 Å². The quantitative estimate of drug-likeness (QED) is 0.855. The summed E-state index contributed by atoms with van der Waals surface area (Å²) in [6, 6.07) is 6.64. The third-order valence-corrected chi connectivity index (χ3v) is 2.79. The normalized spacial score (nSPS) is 11.9. The molecule has 16 heavy (non-hydrogen) atoms. The molecule has 1 unspecified atom stereocenters. The van der Waals surface area contributed by atoms with Gasteiger partial charge in [0.15, 0.2) is 0 Å². The standard InChI is InChI=1S/C12H15FN2S/c1-9-5-10(13)7-12(6-9)15-11(8-14)3-4-16-2/h5-7,11,15H,3-4H2,1-2H3. The van der Waals surface area contributed by atoms with Crippen LogP contribution in [0.25, 0.3) is 0 Å². The maximum Gasteiger partial charge on any atom is 0.125 e. The number of rotatable bonds is 5. The maximum atomic E-state index is 13.1. The van der Waals surface area contributed by atoms with Crippen LogP contribution in [0.1, 0.15) is 12.0 Å². The molecule has 86 valence electrons. The van der Waals surface area contributed by atoms with Gasteiger partial charge in [0, 0.05) is 5.69 Å². The Labute approximate surface area is 99.9 Å². The fourth-order valence-electron chi connectivity index (χ4n) is 1.43. The molecule has 0 radical (unpaired) electrons. The van der Waals surface area contributed by atoms with Gasteiger partial charge in [0.05, 0.1) is 6.07 Å². The highest BCUT2D eigenvalue weighted by atomic mass is 32.2. The first kappa shape index (κ1) is 12.9. The third-order valence-electron chi connectivity index (χ3n) is 2.15. The Morgan fingerprint density at radius 1 is 1.50 bits per heavy atom. The molecule has 0 bridgehead atoms. The van der Waals surface area contributed by atoms with Crippen LogP contribution in [0.5, 0.6) is 0 Å². The molecule has 1 rings (SSSR count). The van der Waals surface area contributed by atoms with Crippen molar-refractivity contribution in [3.8, 4) is 6.07 Å². The van der Waals surface area contributed by atoms with E-state index in [1.54, 1.807) is 11.8 Å². The number of nitriles is 1. The molecule has 2 nitrogen and oxygen atoms in total. The minimum absolute atomic E-state index is 0.256. The van der Waals surface area contributed by atoms with E-state index < -0.39 is 0 Å². The van der Waals surface area contributed by atoms with Crippen LogP contribution in [0, 0.1) is 24.1 Å². The molecule has 0 saturated carbocycles.